The van der Waals surface area contributed by atoms with Gasteiger partial charge in [-0.15, -0.1) is 0 Å². The first kappa shape index (κ1) is 16.7. The highest BCUT2D eigenvalue weighted by molar-refractivity contribution is 5.76. The van der Waals surface area contributed by atoms with Crippen molar-refractivity contribution in [2.75, 3.05) is 0 Å². The van der Waals surface area contributed by atoms with Crippen LogP contribution in [0.4, 0.5) is 0 Å². The lowest BCUT2D eigenvalue weighted by atomic mass is 9.65. The molecule has 23 heavy (non-hydrogen) atoms. The van der Waals surface area contributed by atoms with Gasteiger partial charge < -0.3 is 14.2 Å². The Labute approximate surface area is 138 Å². The van der Waals surface area contributed by atoms with Gasteiger partial charge in [0.05, 0.1) is 16.9 Å². The summed E-state index contributed by atoms with van der Waals surface area (Å²) in [6.07, 6.45) is 4.31. The van der Waals surface area contributed by atoms with Crippen molar-refractivity contribution in [1.82, 2.24) is 0 Å². The summed E-state index contributed by atoms with van der Waals surface area (Å²) in [5, 5.41) is 0. The predicted octanol–water partition coefficient (Wildman–Crippen LogP) is 3.20. The first-order chi connectivity index (χ1) is 10.7. The zero-order chi connectivity index (χ0) is 16.8. The fraction of sp³-hybridized carbons (Fsp3) is 0.889. The minimum atomic E-state index is -0.598. The Kier molecular flexibility index (Phi) is 4.20. The maximum atomic E-state index is 12.2. The van der Waals surface area contributed by atoms with E-state index in [0.29, 0.717) is 12.3 Å². The molecule has 2 aliphatic heterocycles. The van der Waals surface area contributed by atoms with Crippen LogP contribution in [0.15, 0.2) is 0 Å². The van der Waals surface area contributed by atoms with Crippen LogP contribution in [0, 0.1) is 17.3 Å². The van der Waals surface area contributed by atoms with E-state index in [-0.39, 0.29) is 29.6 Å². The maximum Gasteiger partial charge on any atom is 0.313 e. The van der Waals surface area contributed by atoms with Crippen LogP contribution in [0.5, 0.6) is 0 Å². The Morgan fingerprint density at radius 1 is 1.35 bits per heavy atom. The molecule has 5 atom stereocenters. The molecule has 0 aromatic heterocycles. The van der Waals surface area contributed by atoms with Crippen LogP contribution in [0.1, 0.15) is 66.2 Å². The lowest BCUT2D eigenvalue weighted by molar-refractivity contribution is -0.234. The summed E-state index contributed by atoms with van der Waals surface area (Å²) in [4.78, 5) is 24.3. The van der Waals surface area contributed by atoms with E-state index in [1.165, 1.54) is 0 Å². The number of ether oxygens (including phenoxy) is 3. The summed E-state index contributed by atoms with van der Waals surface area (Å²) in [5.74, 6) is 0.118. The van der Waals surface area contributed by atoms with Crippen molar-refractivity contribution in [3.05, 3.63) is 0 Å². The van der Waals surface area contributed by atoms with Crippen LogP contribution in [0.25, 0.3) is 0 Å². The third-order valence-corrected chi connectivity index (χ3v) is 5.83. The Bertz CT molecular complexity index is 500. The number of rotatable bonds is 5. The topological polar surface area (TPSA) is 61.8 Å². The van der Waals surface area contributed by atoms with Crippen LogP contribution in [0.2, 0.25) is 0 Å². The molecule has 2 aliphatic carbocycles. The monoisotopic (exact) mass is 324 g/mol. The standard InChI is InChI=1S/C18H28O5/c1-5-17(3,4)16(20)21-11(2)23-18-8-12-6-13(9-18)15(19)22-14(7-12)10-18/h11-14H,5-10H2,1-4H3. The van der Waals surface area contributed by atoms with Crippen molar-refractivity contribution >= 4 is 11.9 Å². The van der Waals surface area contributed by atoms with Crippen molar-refractivity contribution in [3.63, 3.8) is 0 Å². The molecule has 5 heteroatoms. The first-order valence-corrected chi connectivity index (χ1v) is 8.82. The highest BCUT2D eigenvalue weighted by atomic mass is 16.7. The molecule has 4 rings (SSSR count). The van der Waals surface area contributed by atoms with E-state index in [9.17, 15) is 9.59 Å². The number of hydrogen-bond donors (Lipinski definition) is 0. The Morgan fingerprint density at radius 3 is 2.78 bits per heavy atom. The molecule has 0 radical (unpaired) electrons. The van der Waals surface area contributed by atoms with Crippen LogP contribution in [-0.2, 0) is 23.8 Å². The minimum Gasteiger partial charge on any atom is -0.462 e. The van der Waals surface area contributed by atoms with E-state index in [0.717, 1.165) is 32.1 Å². The molecule has 0 aromatic carbocycles. The van der Waals surface area contributed by atoms with Gasteiger partial charge in [-0.25, -0.2) is 0 Å². The van der Waals surface area contributed by atoms with Gasteiger partial charge in [0.1, 0.15) is 6.10 Å². The fourth-order valence-electron chi connectivity index (χ4n) is 4.35. The lowest BCUT2D eigenvalue weighted by Crippen LogP contribution is -2.49. The molecular formula is C18H28O5. The van der Waals surface area contributed by atoms with Crippen LogP contribution < -0.4 is 0 Å². The SMILES string of the molecule is CCC(C)(C)C(=O)OC(C)OC12CC3CC(C1)OC(=O)C(C3)C2. The molecule has 0 N–H and O–H groups in total. The number of esters is 2. The molecule has 4 fully saturated rings. The molecule has 5 unspecified atom stereocenters. The Hall–Kier alpha value is -1.10. The van der Waals surface area contributed by atoms with Gasteiger partial charge in [0.2, 0.25) is 6.29 Å². The zero-order valence-corrected chi connectivity index (χ0v) is 14.6. The van der Waals surface area contributed by atoms with Crippen molar-refractivity contribution in [1.29, 1.82) is 0 Å². The van der Waals surface area contributed by atoms with Gasteiger partial charge in [-0.2, -0.15) is 0 Å². The molecule has 2 saturated carbocycles. The van der Waals surface area contributed by atoms with Gasteiger partial charge >= 0.3 is 11.9 Å². The summed E-state index contributed by atoms with van der Waals surface area (Å²) in [6.45, 7) is 7.51. The van der Waals surface area contributed by atoms with Crippen LogP contribution >= 0.6 is 0 Å². The summed E-state index contributed by atoms with van der Waals surface area (Å²) in [7, 11) is 0. The summed E-state index contributed by atoms with van der Waals surface area (Å²) < 4.78 is 17.3. The van der Waals surface area contributed by atoms with Gasteiger partial charge in [0, 0.05) is 6.42 Å². The average Bonchev–Trinajstić information content (AvgIpc) is 2.60. The van der Waals surface area contributed by atoms with E-state index in [4.69, 9.17) is 14.2 Å². The normalized spacial score (nSPS) is 37.2. The number of hydrogen-bond acceptors (Lipinski definition) is 5. The molecule has 5 nitrogen and oxygen atoms in total. The van der Waals surface area contributed by atoms with Crippen molar-refractivity contribution in [2.45, 2.75) is 84.2 Å². The van der Waals surface area contributed by atoms with Gasteiger partial charge in [0.25, 0.3) is 0 Å². The van der Waals surface area contributed by atoms with Gasteiger partial charge in [-0.3, -0.25) is 9.59 Å². The van der Waals surface area contributed by atoms with E-state index >= 15 is 0 Å². The highest BCUT2D eigenvalue weighted by Gasteiger charge is 2.54. The molecule has 2 saturated heterocycles. The molecule has 130 valence electrons. The molecule has 4 aliphatic rings. The predicted molar refractivity (Wildman–Crippen MR) is 83.4 cm³/mol. The fourth-order valence-corrected chi connectivity index (χ4v) is 4.35. The first-order valence-electron chi connectivity index (χ1n) is 8.82. The maximum absolute atomic E-state index is 12.2. The average molecular weight is 324 g/mol. The zero-order valence-electron chi connectivity index (χ0n) is 14.6. The van der Waals surface area contributed by atoms with Crippen LogP contribution in [0.3, 0.4) is 0 Å². The van der Waals surface area contributed by atoms with Gasteiger partial charge in [-0.05, 0) is 58.8 Å². The molecule has 0 amide bonds. The molecule has 4 bridgehead atoms. The highest BCUT2D eigenvalue weighted by Crippen LogP contribution is 2.51. The largest absolute Gasteiger partial charge is 0.462 e. The van der Waals surface area contributed by atoms with Gasteiger partial charge in [0.15, 0.2) is 0 Å². The quantitative estimate of drug-likeness (QED) is 0.574. The minimum absolute atomic E-state index is 0.0382. The van der Waals surface area contributed by atoms with Gasteiger partial charge in [-0.1, -0.05) is 6.92 Å². The third kappa shape index (κ3) is 3.25. The number of fused-ring (bicyclic) bond motifs is 1. The number of carbonyl (C=O) groups is 2. The smallest absolute Gasteiger partial charge is 0.313 e. The van der Waals surface area contributed by atoms with Crippen LogP contribution in [-0.4, -0.2) is 29.9 Å². The van der Waals surface area contributed by atoms with Crippen molar-refractivity contribution in [3.8, 4) is 0 Å². The lowest BCUT2D eigenvalue weighted by Gasteiger charge is -2.47. The van der Waals surface area contributed by atoms with E-state index in [2.05, 4.69) is 0 Å². The van der Waals surface area contributed by atoms with Crippen molar-refractivity contribution < 1.29 is 23.8 Å². The second-order valence-corrected chi connectivity index (χ2v) is 8.22. The molecular weight excluding hydrogens is 296 g/mol. The number of carbonyl (C=O) groups excluding carboxylic acids is 2. The van der Waals surface area contributed by atoms with E-state index < -0.39 is 11.7 Å². The molecule has 0 aromatic rings. The second-order valence-electron chi connectivity index (χ2n) is 8.22. The summed E-state index contributed by atoms with van der Waals surface area (Å²) in [6, 6.07) is 0. The summed E-state index contributed by atoms with van der Waals surface area (Å²) >= 11 is 0. The molecule has 0 spiro atoms. The summed E-state index contributed by atoms with van der Waals surface area (Å²) in [5.41, 5.74) is -0.881. The second kappa shape index (κ2) is 5.76. The Balaban J connectivity index is 1.67. The van der Waals surface area contributed by atoms with E-state index in [1.807, 2.05) is 20.8 Å². The van der Waals surface area contributed by atoms with E-state index in [1.54, 1.807) is 6.92 Å². The third-order valence-electron chi connectivity index (χ3n) is 5.83. The molecule has 2 heterocycles. The Morgan fingerprint density at radius 2 is 2.09 bits per heavy atom. The van der Waals surface area contributed by atoms with Crippen molar-refractivity contribution in [2.24, 2.45) is 17.3 Å².